The topological polar surface area (TPSA) is 29.5 Å². The zero-order chi connectivity index (χ0) is 12.6. The Bertz CT molecular complexity index is 194. The first-order chi connectivity index (χ1) is 7.58. The van der Waals surface area contributed by atoms with Gasteiger partial charge in [0.1, 0.15) is 6.04 Å². The minimum atomic E-state index is -0.0773. The van der Waals surface area contributed by atoms with E-state index in [1.807, 2.05) is 14.0 Å². The van der Waals surface area contributed by atoms with Crippen molar-refractivity contribution in [2.24, 2.45) is 0 Å². The fourth-order valence-corrected chi connectivity index (χ4v) is 1.93. The summed E-state index contributed by atoms with van der Waals surface area (Å²) in [6, 6.07) is 0.359. The third kappa shape index (κ3) is 4.97. The maximum Gasteiger partial charge on any atom is 0.323 e. The fraction of sp³-hybridized carbons (Fsp3) is 0.923. The molecule has 0 heterocycles. The second-order valence-electron chi connectivity index (χ2n) is 4.36. The summed E-state index contributed by atoms with van der Waals surface area (Å²) in [6.07, 6.45) is 4.15. The number of hydrogen-bond donors (Lipinski definition) is 0. The van der Waals surface area contributed by atoms with Crippen LogP contribution in [0.4, 0.5) is 0 Å². The maximum atomic E-state index is 11.8. The van der Waals surface area contributed by atoms with Crippen molar-refractivity contribution in [1.82, 2.24) is 4.90 Å². The van der Waals surface area contributed by atoms with E-state index in [1.54, 1.807) is 0 Å². The van der Waals surface area contributed by atoms with E-state index in [0.717, 1.165) is 25.7 Å². The van der Waals surface area contributed by atoms with Crippen molar-refractivity contribution in [3.8, 4) is 0 Å². The third-order valence-electron chi connectivity index (χ3n) is 3.01. The Morgan fingerprint density at radius 2 is 1.75 bits per heavy atom. The molecule has 2 unspecified atom stereocenters. The van der Waals surface area contributed by atoms with Gasteiger partial charge < -0.3 is 4.74 Å². The molecule has 16 heavy (non-hydrogen) atoms. The number of nitrogens with zero attached hydrogens (tertiary/aromatic N) is 1. The van der Waals surface area contributed by atoms with E-state index in [0.29, 0.717) is 12.6 Å². The lowest BCUT2D eigenvalue weighted by molar-refractivity contribution is -0.150. The van der Waals surface area contributed by atoms with Crippen molar-refractivity contribution in [2.75, 3.05) is 13.7 Å². The van der Waals surface area contributed by atoms with Crippen molar-refractivity contribution in [2.45, 2.75) is 65.5 Å². The van der Waals surface area contributed by atoms with E-state index < -0.39 is 0 Å². The highest BCUT2D eigenvalue weighted by Gasteiger charge is 2.26. The van der Waals surface area contributed by atoms with E-state index >= 15 is 0 Å². The van der Waals surface area contributed by atoms with Crippen molar-refractivity contribution >= 4 is 5.97 Å². The Balaban J connectivity index is 4.43. The van der Waals surface area contributed by atoms with Gasteiger partial charge in [-0.05, 0) is 33.7 Å². The number of carbonyl (C=O) groups is 1. The van der Waals surface area contributed by atoms with Gasteiger partial charge in [-0.25, -0.2) is 0 Å². The van der Waals surface area contributed by atoms with E-state index in [-0.39, 0.29) is 12.0 Å². The second-order valence-corrected chi connectivity index (χ2v) is 4.36. The van der Waals surface area contributed by atoms with Gasteiger partial charge in [0.25, 0.3) is 0 Å². The maximum absolute atomic E-state index is 11.8. The molecule has 0 saturated carbocycles. The van der Waals surface area contributed by atoms with Crippen LogP contribution in [0.1, 0.15) is 53.4 Å². The molecule has 96 valence electrons. The van der Waals surface area contributed by atoms with E-state index in [2.05, 4.69) is 25.7 Å². The zero-order valence-corrected chi connectivity index (χ0v) is 11.5. The molecule has 0 saturated heterocycles. The fourth-order valence-electron chi connectivity index (χ4n) is 1.93. The number of esters is 1. The SMILES string of the molecule is CCCC(C)N(C)C(CCC)C(=O)OCC. The standard InChI is InChI=1S/C13H27NO2/c1-6-9-11(4)14(5)12(10-7-2)13(15)16-8-3/h11-12H,6-10H2,1-5H3. The molecule has 0 amide bonds. The Labute approximate surface area is 100 Å². The minimum Gasteiger partial charge on any atom is -0.465 e. The number of hydrogen-bond acceptors (Lipinski definition) is 3. The van der Waals surface area contributed by atoms with Gasteiger partial charge >= 0.3 is 5.97 Å². The lowest BCUT2D eigenvalue weighted by Gasteiger charge is -2.31. The molecular formula is C13H27NO2. The van der Waals surface area contributed by atoms with Gasteiger partial charge in [-0.2, -0.15) is 0 Å². The van der Waals surface area contributed by atoms with Gasteiger partial charge in [-0.15, -0.1) is 0 Å². The molecule has 0 fully saturated rings. The van der Waals surface area contributed by atoms with Crippen molar-refractivity contribution in [3.63, 3.8) is 0 Å². The predicted octanol–water partition coefficient (Wildman–Crippen LogP) is 2.84. The first-order valence-corrected chi connectivity index (χ1v) is 6.46. The normalized spacial score (nSPS) is 14.9. The van der Waals surface area contributed by atoms with Crippen LogP contribution in [-0.4, -0.2) is 36.6 Å². The summed E-state index contributed by atoms with van der Waals surface area (Å²) < 4.78 is 5.13. The van der Waals surface area contributed by atoms with Gasteiger partial charge in [-0.3, -0.25) is 9.69 Å². The summed E-state index contributed by atoms with van der Waals surface area (Å²) in [4.78, 5) is 14.0. The average molecular weight is 229 g/mol. The Kier molecular flexibility index (Phi) is 8.26. The Morgan fingerprint density at radius 1 is 1.19 bits per heavy atom. The van der Waals surface area contributed by atoms with Gasteiger partial charge in [0.05, 0.1) is 6.61 Å². The summed E-state index contributed by atoms with van der Waals surface area (Å²) in [5, 5.41) is 0. The van der Waals surface area contributed by atoms with Crippen LogP contribution < -0.4 is 0 Å². The molecule has 0 aromatic rings. The van der Waals surface area contributed by atoms with Gasteiger partial charge in [0.15, 0.2) is 0 Å². The second kappa shape index (κ2) is 8.57. The van der Waals surface area contributed by atoms with Crippen LogP contribution in [0.2, 0.25) is 0 Å². The molecule has 0 aliphatic heterocycles. The molecule has 0 aromatic heterocycles. The Morgan fingerprint density at radius 3 is 2.19 bits per heavy atom. The smallest absolute Gasteiger partial charge is 0.323 e. The van der Waals surface area contributed by atoms with Crippen LogP contribution in [0, 0.1) is 0 Å². The Hall–Kier alpha value is -0.570. The number of likely N-dealkylation sites (N-methyl/N-ethyl adjacent to an activating group) is 1. The van der Waals surface area contributed by atoms with Gasteiger partial charge in [-0.1, -0.05) is 26.7 Å². The highest BCUT2D eigenvalue weighted by Crippen LogP contribution is 2.14. The molecule has 0 spiro atoms. The summed E-state index contributed by atoms with van der Waals surface area (Å²) in [5.74, 6) is -0.0743. The van der Waals surface area contributed by atoms with Crippen molar-refractivity contribution in [1.29, 1.82) is 0 Å². The monoisotopic (exact) mass is 229 g/mol. The molecule has 0 N–H and O–H groups in total. The molecular weight excluding hydrogens is 202 g/mol. The van der Waals surface area contributed by atoms with Crippen LogP contribution in [-0.2, 0) is 9.53 Å². The largest absolute Gasteiger partial charge is 0.465 e. The summed E-state index contributed by atoms with van der Waals surface area (Å²) in [7, 11) is 2.03. The lowest BCUT2D eigenvalue weighted by Crippen LogP contribution is -2.44. The molecule has 0 rings (SSSR count). The molecule has 3 nitrogen and oxygen atoms in total. The van der Waals surface area contributed by atoms with Gasteiger partial charge in [0.2, 0.25) is 0 Å². The van der Waals surface area contributed by atoms with E-state index in [4.69, 9.17) is 4.74 Å². The minimum absolute atomic E-state index is 0.0743. The van der Waals surface area contributed by atoms with Crippen molar-refractivity contribution < 1.29 is 9.53 Å². The molecule has 0 radical (unpaired) electrons. The molecule has 2 atom stereocenters. The lowest BCUT2D eigenvalue weighted by atomic mass is 10.1. The zero-order valence-electron chi connectivity index (χ0n) is 11.5. The summed E-state index contributed by atoms with van der Waals surface area (Å²) in [6.45, 7) is 8.77. The van der Waals surface area contributed by atoms with E-state index in [1.165, 1.54) is 0 Å². The quantitative estimate of drug-likeness (QED) is 0.599. The third-order valence-corrected chi connectivity index (χ3v) is 3.01. The molecule has 0 bridgehead atoms. The van der Waals surface area contributed by atoms with Crippen LogP contribution in [0.3, 0.4) is 0 Å². The first-order valence-electron chi connectivity index (χ1n) is 6.46. The summed E-state index contributed by atoms with van der Waals surface area (Å²) in [5.41, 5.74) is 0. The molecule has 0 aliphatic carbocycles. The summed E-state index contributed by atoms with van der Waals surface area (Å²) >= 11 is 0. The number of rotatable bonds is 8. The average Bonchev–Trinajstić information content (AvgIpc) is 2.25. The molecule has 0 aliphatic rings. The molecule has 3 heteroatoms. The van der Waals surface area contributed by atoms with Crippen molar-refractivity contribution in [3.05, 3.63) is 0 Å². The van der Waals surface area contributed by atoms with Crippen LogP contribution in [0.5, 0.6) is 0 Å². The predicted molar refractivity (Wildman–Crippen MR) is 67.5 cm³/mol. The van der Waals surface area contributed by atoms with Crippen LogP contribution in [0.15, 0.2) is 0 Å². The van der Waals surface area contributed by atoms with Gasteiger partial charge in [0, 0.05) is 6.04 Å². The van der Waals surface area contributed by atoms with E-state index in [9.17, 15) is 4.79 Å². The highest BCUT2D eigenvalue weighted by atomic mass is 16.5. The molecule has 0 aromatic carbocycles. The highest BCUT2D eigenvalue weighted by molar-refractivity contribution is 5.75. The number of carbonyl (C=O) groups excluding carboxylic acids is 1. The number of ether oxygens (including phenoxy) is 1. The first kappa shape index (κ1) is 15.4. The van der Waals surface area contributed by atoms with Crippen LogP contribution in [0.25, 0.3) is 0 Å². The van der Waals surface area contributed by atoms with Crippen LogP contribution >= 0.6 is 0 Å².